The van der Waals surface area contributed by atoms with E-state index in [9.17, 15) is 19.8 Å². The van der Waals surface area contributed by atoms with Crippen LogP contribution >= 0.6 is 0 Å². The van der Waals surface area contributed by atoms with Crippen LogP contribution in [0.4, 0.5) is 0 Å². The average Bonchev–Trinajstić information content (AvgIpc) is 3.82. The van der Waals surface area contributed by atoms with Crippen LogP contribution in [0.2, 0.25) is 0 Å². The molecule has 2 bridgehead atoms. The van der Waals surface area contributed by atoms with Gasteiger partial charge in [0.05, 0.1) is 43.9 Å². The number of ether oxygens (including phenoxy) is 1. The molecule has 2 aliphatic heterocycles. The number of pyridine rings is 1. The van der Waals surface area contributed by atoms with Gasteiger partial charge in [0.25, 0.3) is 6.47 Å². The predicted octanol–water partition coefficient (Wildman–Crippen LogP) is 6.23. The summed E-state index contributed by atoms with van der Waals surface area (Å²) in [7, 11) is 1.97. The number of Topliss-reactive ketones (excluding diaryl/α,β-unsaturated/α-hetero) is 1. The Morgan fingerprint density at radius 1 is 0.911 bits per heavy atom. The van der Waals surface area contributed by atoms with E-state index in [0.717, 1.165) is 54.1 Å². The molecule has 0 aliphatic carbocycles. The standard InChI is InChI=1S/C30H35N3O4.C14H18NO.CH2O2/c1-31-29(21-9-4-2-5-10-21)22-11-8-12-23(19-22)37-18-7-3-6-17-32-20-27(35)24-13-15-26(34)30-25(24)14-16-28(36)33-30;16-14(13-4-2-1-3-5-13)11-15-8-6-12(10-15)7-9-15;2-1-3/h2,4-5,8-16,19,27,29,31-32,34-35H,3,6-7,17-18,20H2,1H3,(H,33,36);1-5,12H,6-11H2;1H,(H,2,3)/q;+1;. The van der Waals surface area contributed by atoms with E-state index in [2.05, 4.69) is 39.9 Å². The number of aromatic nitrogens is 1. The zero-order valence-corrected chi connectivity index (χ0v) is 32.1. The number of aromatic hydroxyl groups is 1. The molecule has 0 amide bonds. The minimum atomic E-state index is -0.748. The van der Waals surface area contributed by atoms with Gasteiger partial charge in [-0.2, -0.15) is 0 Å². The third-order valence-corrected chi connectivity index (χ3v) is 10.7. The molecule has 2 saturated heterocycles. The maximum Gasteiger partial charge on any atom is 0.290 e. The SMILES string of the molecule is CNC(c1ccccc1)c1cccc(OCCCCCNCC(O)c2ccc(O)c3[nH]c(=O)ccc23)c1.O=C(C[N+]12CCC(CC1)C2)c1ccccc1.O=CO. The summed E-state index contributed by atoms with van der Waals surface area (Å²) in [6.45, 7) is 5.99. The van der Waals surface area contributed by atoms with Crippen LogP contribution in [0.5, 0.6) is 11.5 Å². The first-order valence-electron chi connectivity index (χ1n) is 19.5. The minimum absolute atomic E-state index is 0.0106. The topological polar surface area (TPSA) is 161 Å². The molecule has 1 aromatic heterocycles. The van der Waals surface area contributed by atoms with E-state index in [1.807, 2.05) is 67.7 Å². The first-order valence-corrected chi connectivity index (χ1v) is 19.5. The van der Waals surface area contributed by atoms with Crippen molar-refractivity contribution in [2.45, 2.75) is 44.2 Å². The number of phenolic OH excluding ortho intramolecular Hbond substituents is 1. The molecule has 11 heteroatoms. The number of phenols is 1. The van der Waals surface area contributed by atoms with Gasteiger partial charge in [0.2, 0.25) is 11.3 Å². The average molecular weight is 764 g/mol. The minimum Gasteiger partial charge on any atom is -0.506 e. The van der Waals surface area contributed by atoms with Crippen molar-refractivity contribution in [2.75, 3.05) is 52.9 Å². The number of carbonyl (C=O) groups is 2. The molecule has 11 nitrogen and oxygen atoms in total. The summed E-state index contributed by atoms with van der Waals surface area (Å²) in [5.41, 5.74) is 3.98. The second kappa shape index (κ2) is 21.1. The van der Waals surface area contributed by atoms with Crippen molar-refractivity contribution in [1.82, 2.24) is 15.6 Å². The lowest BCUT2D eigenvalue weighted by molar-refractivity contribution is -0.900. The fourth-order valence-corrected chi connectivity index (χ4v) is 7.90. The smallest absolute Gasteiger partial charge is 0.290 e. The number of carboxylic acid groups (broad SMARTS) is 1. The van der Waals surface area contributed by atoms with Crippen LogP contribution in [0.15, 0.2) is 114 Å². The summed E-state index contributed by atoms with van der Waals surface area (Å²) in [4.78, 5) is 34.7. The second-order valence-corrected chi connectivity index (χ2v) is 14.6. The molecule has 7 rings (SSSR count). The van der Waals surface area contributed by atoms with E-state index in [1.165, 1.54) is 55.7 Å². The fraction of sp³-hybridized carbons (Fsp3) is 0.356. The van der Waals surface area contributed by atoms with Crippen LogP contribution in [0.1, 0.15) is 71.3 Å². The Kier molecular flexibility index (Phi) is 15.8. The number of piperidine rings is 1. The van der Waals surface area contributed by atoms with Gasteiger partial charge in [0.15, 0.2) is 0 Å². The quantitative estimate of drug-likeness (QED) is 0.0297. The number of nitrogens with one attached hydrogen (secondary N) is 3. The summed E-state index contributed by atoms with van der Waals surface area (Å²) in [5, 5.41) is 34.8. The number of ketones is 1. The molecule has 6 N–H and O–H groups in total. The zero-order valence-electron chi connectivity index (χ0n) is 32.1. The van der Waals surface area contributed by atoms with E-state index in [1.54, 1.807) is 12.1 Å². The lowest BCUT2D eigenvalue weighted by Crippen LogP contribution is -2.47. The molecule has 3 heterocycles. The van der Waals surface area contributed by atoms with E-state index >= 15 is 0 Å². The highest BCUT2D eigenvalue weighted by Crippen LogP contribution is 2.35. The van der Waals surface area contributed by atoms with Crippen molar-refractivity contribution in [1.29, 1.82) is 0 Å². The highest BCUT2D eigenvalue weighted by atomic mass is 16.5. The zero-order chi connectivity index (χ0) is 39.8. The third-order valence-electron chi connectivity index (χ3n) is 10.7. The largest absolute Gasteiger partial charge is 0.506 e. The van der Waals surface area contributed by atoms with Crippen LogP contribution in [0, 0.1) is 5.92 Å². The molecular formula is C45H55N4O7+. The molecule has 296 valence electrons. The maximum absolute atomic E-state index is 12.2. The van der Waals surface area contributed by atoms with Crippen molar-refractivity contribution < 1.29 is 34.1 Å². The Balaban J connectivity index is 0.000000259. The summed E-state index contributed by atoms with van der Waals surface area (Å²) < 4.78 is 7.07. The van der Waals surface area contributed by atoms with E-state index < -0.39 is 6.10 Å². The van der Waals surface area contributed by atoms with Gasteiger partial charge in [0.1, 0.15) is 18.0 Å². The molecule has 0 spiro atoms. The van der Waals surface area contributed by atoms with Crippen molar-refractivity contribution in [3.8, 4) is 11.5 Å². The van der Waals surface area contributed by atoms with Gasteiger partial charge in [-0.1, -0.05) is 78.9 Å². The number of carbonyl (C=O) groups excluding carboxylic acids is 1. The van der Waals surface area contributed by atoms with E-state index in [0.29, 0.717) is 35.4 Å². The summed E-state index contributed by atoms with van der Waals surface area (Å²) >= 11 is 0. The first kappa shape index (κ1) is 41.8. The van der Waals surface area contributed by atoms with Crippen LogP contribution in [-0.4, -0.2) is 90.0 Å². The number of unbranched alkanes of at least 4 members (excludes halogenated alkanes) is 2. The van der Waals surface area contributed by atoms with Gasteiger partial charge in [-0.3, -0.25) is 14.4 Å². The number of rotatable bonds is 16. The van der Waals surface area contributed by atoms with Crippen molar-refractivity contribution in [2.24, 2.45) is 5.92 Å². The molecule has 2 atom stereocenters. The summed E-state index contributed by atoms with van der Waals surface area (Å²) in [6.07, 6.45) is 4.84. The number of fused-ring (bicyclic) bond motifs is 3. The van der Waals surface area contributed by atoms with Crippen LogP contribution in [-0.2, 0) is 4.79 Å². The molecule has 2 unspecified atom stereocenters. The Hall–Kier alpha value is -5.33. The summed E-state index contributed by atoms with van der Waals surface area (Å²) in [5.74, 6) is 2.09. The molecule has 2 fully saturated rings. The number of quaternary nitrogens is 1. The number of nitrogens with zero attached hydrogens (tertiary/aromatic N) is 1. The van der Waals surface area contributed by atoms with Crippen LogP contribution < -0.4 is 20.9 Å². The first-order chi connectivity index (χ1) is 27.3. The highest BCUT2D eigenvalue weighted by Gasteiger charge is 2.45. The Bertz CT molecular complexity index is 2030. The number of H-pyrrole nitrogens is 1. The molecule has 56 heavy (non-hydrogen) atoms. The number of hydrogen-bond acceptors (Lipinski definition) is 8. The Morgan fingerprint density at radius 2 is 1.61 bits per heavy atom. The van der Waals surface area contributed by atoms with Crippen molar-refractivity contribution in [3.63, 3.8) is 0 Å². The second-order valence-electron chi connectivity index (χ2n) is 14.6. The van der Waals surface area contributed by atoms with E-state index in [4.69, 9.17) is 14.6 Å². The number of aliphatic hydroxyl groups excluding tert-OH is 1. The molecule has 0 saturated carbocycles. The molecular weight excluding hydrogens is 709 g/mol. The molecule has 2 aliphatic rings. The molecule has 4 aromatic carbocycles. The molecule has 0 radical (unpaired) electrons. The lowest BCUT2D eigenvalue weighted by atomic mass is 9.99. The summed E-state index contributed by atoms with van der Waals surface area (Å²) in [6, 6.07) is 34.6. The van der Waals surface area contributed by atoms with Gasteiger partial charge in [-0.05, 0) is 73.8 Å². The van der Waals surface area contributed by atoms with Crippen molar-refractivity contribution >= 4 is 23.2 Å². The van der Waals surface area contributed by atoms with Crippen LogP contribution in [0.3, 0.4) is 0 Å². The van der Waals surface area contributed by atoms with Crippen molar-refractivity contribution in [3.05, 3.63) is 142 Å². The predicted molar refractivity (Wildman–Crippen MR) is 219 cm³/mol. The lowest BCUT2D eigenvalue weighted by Gasteiger charge is -2.30. The number of hydrogen-bond donors (Lipinski definition) is 6. The number of aliphatic hydroxyl groups is 1. The van der Waals surface area contributed by atoms with Gasteiger partial charge in [0, 0.05) is 42.3 Å². The van der Waals surface area contributed by atoms with E-state index in [-0.39, 0.29) is 23.8 Å². The Morgan fingerprint density at radius 3 is 2.29 bits per heavy atom. The van der Waals surface area contributed by atoms with Crippen LogP contribution in [0.25, 0.3) is 10.9 Å². The normalized spacial score (nSPS) is 17.9. The van der Waals surface area contributed by atoms with Gasteiger partial charge < -0.3 is 40.2 Å². The van der Waals surface area contributed by atoms with Gasteiger partial charge in [-0.15, -0.1) is 0 Å². The number of benzene rings is 4. The van der Waals surface area contributed by atoms with Gasteiger partial charge in [-0.25, -0.2) is 0 Å². The monoisotopic (exact) mass is 763 g/mol. The Labute approximate surface area is 328 Å². The third kappa shape index (κ3) is 11.6. The fourth-order valence-electron chi connectivity index (χ4n) is 7.90. The molecule has 5 aromatic rings. The highest BCUT2D eigenvalue weighted by molar-refractivity contribution is 5.97. The number of aromatic amines is 1. The van der Waals surface area contributed by atoms with Gasteiger partial charge >= 0.3 is 0 Å². The maximum atomic E-state index is 12.2.